The van der Waals surface area contributed by atoms with Gasteiger partial charge in [0.2, 0.25) is 0 Å². The predicted octanol–water partition coefficient (Wildman–Crippen LogP) is 2.73. The molecule has 0 N–H and O–H groups in total. The summed E-state index contributed by atoms with van der Waals surface area (Å²) in [5.41, 5.74) is 2.04. The van der Waals surface area contributed by atoms with Crippen LogP contribution in [-0.2, 0) is 4.79 Å². The first kappa shape index (κ1) is 9.24. The molecule has 1 unspecified atom stereocenters. The number of allylic oxidation sites excluding steroid dienone is 3. The molecule has 1 aliphatic rings. The van der Waals surface area contributed by atoms with Crippen molar-refractivity contribution in [3.8, 4) is 0 Å². The van der Waals surface area contributed by atoms with Gasteiger partial charge in [-0.25, -0.2) is 0 Å². The second-order valence-electron chi connectivity index (χ2n) is 3.73. The van der Waals surface area contributed by atoms with Crippen LogP contribution in [0.1, 0.15) is 27.2 Å². The zero-order valence-electron chi connectivity index (χ0n) is 8.05. The Balaban J connectivity index is 2.87. The van der Waals surface area contributed by atoms with E-state index in [4.69, 9.17) is 0 Å². The molecule has 0 saturated heterocycles. The van der Waals surface area contributed by atoms with Gasteiger partial charge in [0.05, 0.1) is 0 Å². The summed E-state index contributed by atoms with van der Waals surface area (Å²) in [4.78, 5) is 11.5. The fourth-order valence-electron chi connectivity index (χ4n) is 1.78. The largest absolute Gasteiger partial charge is 0.294 e. The van der Waals surface area contributed by atoms with E-state index in [1.54, 1.807) is 0 Å². The van der Waals surface area contributed by atoms with Crippen LogP contribution in [0.4, 0.5) is 0 Å². The Morgan fingerprint density at radius 2 is 2.25 bits per heavy atom. The third-order valence-corrected chi connectivity index (χ3v) is 2.72. The SMILES string of the molecule is C=C(C)[C@@H]1CC=C(C)C(=O)C1C. The van der Waals surface area contributed by atoms with Crippen molar-refractivity contribution in [1.29, 1.82) is 0 Å². The third kappa shape index (κ3) is 1.50. The maximum Gasteiger partial charge on any atom is 0.161 e. The van der Waals surface area contributed by atoms with Gasteiger partial charge in [-0.1, -0.05) is 25.2 Å². The minimum atomic E-state index is 0.132. The molecule has 0 heterocycles. The molecule has 0 aromatic heterocycles. The normalized spacial score (nSPS) is 29.9. The molecule has 2 atom stereocenters. The van der Waals surface area contributed by atoms with Crippen molar-refractivity contribution in [3.63, 3.8) is 0 Å². The Kier molecular flexibility index (Phi) is 2.51. The van der Waals surface area contributed by atoms with E-state index in [0.717, 1.165) is 17.6 Å². The van der Waals surface area contributed by atoms with Crippen LogP contribution in [0.5, 0.6) is 0 Å². The van der Waals surface area contributed by atoms with Crippen LogP contribution in [0.25, 0.3) is 0 Å². The summed E-state index contributed by atoms with van der Waals surface area (Å²) in [5, 5.41) is 0. The second-order valence-corrected chi connectivity index (χ2v) is 3.73. The van der Waals surface area contributed by atoms with Crippen molar-refractivity contribution >= 4 is 5.78 Å². The first-order chi connectivity index (χ1) is 5.54. The number of Topliss-reactive ketones (excluding diaryl/α,β-unsaturated/α-hetero) is 1. The van der Waals surface area contributed by atoms with Crippen LogP contribution in [0.2, 0.25) is 0 Å². The highest BCUT2D eigenvalue weighted by atomic mass is 16.1. The van der Waals surface area contributed by atoms with Crippen LogP contribution in [-0.4, -0.2) is 5.78 Å². The molecule has 0 spiro atoms. The van der Waals surface area contributed by atoms with E-state index in [1.165, 1.54) is 0 Å². The zero-order valence-corrected chi connectivity index (χ0v) is 8.05. The molecular formula is C11H16O. The smallest absolute Gasteiger partial charge is 0.161 e. The second kappa shape index (κ2) is 3.26. The van der Waals surface area contributed by atoms with Gasteiger partial charge >= 0.3 is 0 Å². The van der Waals surface area contributed by atoms with Gasteiger partial charge in [0, 0.05) is 5.92 Å². The minimum Gasteiger partial charge on any atom is -0.294 e. The lowest BCUT2D eigenvalue weighted by Crippen LogP contribution is -2.25. The fourth-order valence-corrected chi connectivity index (χ4v) is 1.78. The van der Waals surface area contributed by atoms with E-state index in [1.807, 2.05) is 26.8 Å². The molecule has 12 heavy (non-hydrogen) atoms. The number of hydrogen-bond donors (Lipinski definition) is 0. The molecule has 1 heteroatoms. The molecule has 0 fully saturated rings. The average molecular weight is 164 g/mol. The highest BCUT2D eigenvalue weighted by molar-refractivity contribution is 5.97. The summed E-state index contributed by atoms with van der Waals surface area (Å²) in [6, 6.07) is 0. The molecule has 1 nitrogen and oxygen atoms in total. The van der Waals surface area contributed by atoms with Gasteiger partial charge < -0.3 is 0 Å². The van der Waals surface area contributed by atoms with E-state index in [-0.39, 0.29) is 11.7 Å². The molecule has 1 rings (SSSR count). The number of ketones is 1. The van der Waals surface area contributed by atoms with Gasteiger partial charge in [-0.15, -0.1) is 0 Å². The molecule has 0 saturated carbocycles. The number of carbonyl (C=O) groups excluding carboxylic acids is 1. The third-order valence-electron chi connectivity index (χ3n) is 2.72. The van der Waals surface area contributed by atoms with E-state index >= 15 is 0 Å². The molecule has 0 amide bonds. The zero-order chi connectivity index (χ0) is 9.30. The van der Waals surface area contributed by atoms with E-state index in [9.17, 15) is 4.79 Å². The van der Waals surface area contributed by atoms with E-state index in [0.29, 0.717) is 5.92 Å². The summed E-state index contributed by atoms with van der Waals surface area (Å²) in [7, 11) is 0. The lowest BCUT2D eigenvalue weighted by Gasteiger charge is -2.26. The summed E-state index contributed by atoms with van der Waals surface area (Å²) in [6.07, 6.45) is 3.01. The van der Waals surface area contributed by atoms with Gasteiger partial charge in [-0.2, -0.15) is 0 Å². The molecule has 0 bridgehead atoms. The molecule has 0 radical (unpaired) electrons. The van der Waals surface area contributed by atoms with E-state index < -0.39 is 0 Å². The average Bonchev–Trinajstić information content (AvgIpc) is 2.00. The van der Waals surface area contributed by atoms with Crippen LogP contribution in [0.15, 0.2) is 23.8 Å². The van der Waals surface area contributed by atoms with Crippen LogP contribution < -0.4 is 0 Å². The summed E-state index contributed by atoms with van der Waals surface area (Å²) < 4.78 is 0. The van der Waals surface area contributed by atoms with Crippen LogP contribution in [0.3, 0.4) is 0 Å². The maximum atomic E-state index is 11.5. The maximum absolute atomic E-state index is 11.5. The van der Waals surface area contributed by atoms with Gasteiger partial charge in [0.25, 0.3) is 0 Å². The summed E-state index contributed by atoms with van der Waals surface area (Å²) in [6.45, 7) is 9.80. The van der Waals surface area contributed by atoms with Gasteiger partial charge in [0.1, 0.15) is 0 Å². The van der Waals surface area contributed by atoms with Crippen LogP contribution in [0, 0.1) is 11.8 Å². The Hall–Kier alpha value is -0.850. The molecule has 66 valence electrons. The monoisotopic (exact) mass is 164 g/mol. The lowest BCUT2D eigenvalue weighted by molar-refractivity contribution is -0.120. The van der Waals surface area contributed by atoms with Crippen molar-refractivity contribution in [2.45, 2.75) is 27.2 Å². The highest BCUT2D eigenvalue weighted by Crippen LogP contribution is 2.30. The lowest BCUT2D eigenvalue weighted by atomic mass is 9.77. The van der Waals surface area contributed by atoms with Gasteiger partial charge in [0.15, 0.2) is 5.78 Å². The topological polar surface area (TPSA) is 17.1 Å². The molecule has 0 aromatic carbocycles. The standard InChI is InChI=1S/C11H16O/c1-7(2)10-6-5-8(3)11(12)9(10)4/h5,9-10H,1,6H2,2-4H3/t9?,10-/m0/s1. The molecule has 0 aliphatic heterocycles. The molecule has 0 aromatic rings. The Morgan fingerprint density at radius 3 is 2.75 bits per heavy atom. The van der Waals surface area contributed by atoms with Crippen molar-refractivity contribution in [2.75, 3.05) is 0 Å². The van der Waals surface area contributed by atoms with Crippen molar-refractivity contribution in [3.05, 3.63) is 23.8 Å². The first-order valence-corrected chi connectivity index (χ1v) is 4.40. The van der Waals surface area contributed by atoms with Gasteiger partial charge in [-0.05, 0) is 31.8 Å². The van der Waals surface area contributed by atoms with E-state index in [2.05, 4.69) is 6.58 Å². The van der Waals surface area contributed by atoms with Crippen molar-refractivity contribution < 1.29 is 4.79 Å². The predicted molar refractivity (Wildman–Crippen MR) is 50.8 cm³/mol. The van der Waals surface area contributed by atoms with Crippen molar-refractivity contribution in [2.24, 2.45) is 11.8 Å². The molecular weight excluding hydrogens is 148 g/mol. The Labute approximate surface area is 74.2 Å². The summed E-state index contributed by atoms with van der Waals surface area (Å²) in [5.74, 6) is 0.781. The molecule has 1 aliphatic carbocycles. The Morgan fingerprint density at radius 1 is 1.67 bits per heavy atom. The fraction of sp³-hybridized carbons (Fsp3) is 0.545. The Bertz CT molecular complexity index is 248. The number of rotatable bonds is 1. The highest BCUT2D eigenvalue weighted by Gasteiger charge is 2.27. The number of hydrogen-bond acceptors (Lipinski definition) is 1. The first-order valence-electron chi connectivity index (χ1n) is 4.40. The number of carbonyl (C=O) groups is 1. The quantitative estimate of drug-likeness (QED) is 0.544. The van der Waals surface area contributed by atoms with Gasteiger partial charge in [-0.3, -0.25) is 4.79 Å². The van der Waals surface area contributed by atoms with Crippen LogP contribution >= 0.6 is 0 Å². The minimum absolute atomic E-state index is 0.132. The van der Waals surface area contributed by atoms with Crippen molar-refractivity contribution in [1.82, 2.24) is 0 Å². The summed E-state index contributed by atoms with van der Waals surface area (Å²) >= 11 is 0.